The van der Waals surface area contributed by atoms with Crippen molar-refractivity contribution in [3.8, 4) is 0 Å². The Balaban J connectivity index is 2.37. The highest BCUT2D eigenvalue weighted by atomic mass is 16.6. The largest absolute Gasteiger partial charge is 0.444 e. The van der Waals surface area contributed by atoms with Crippen molar-refractivity contribution in [2.45, 2.75) is 92.0 Å². The maximum absolute atomic E-state index is 13.5. The fraction of sp³-hybridized carbons (Fsp3) is 0.640. The van der Waals surface area contributed by atoms with Gasteiger partial charge >= 0.3 is 6.09 Å². The monoisotopic (exact) mass is 445 g/mol. The number of hydrogen-bond donors (Lipinski definition) is 2. The number of carbonyl (C=O) groups excluding carboxylic acids is 3. The topological polar surface area (TPSA) is 87.7 Å². The van der Waals surface area contributed by atoms with E-state index in [0.717, 1.165) is 23.1 Å². The summed E-state index contributed by atoms with van der Waals surface area (Å²) in [6, 6.07) is 5.11. The quantitative estimate of drug-likeness (QED) is 0.692. The molecular weight excluding hydrogens is 406 g/mol. The number of ether oxygens (including phenoxy) is 1. The molecule has 0 aromatic heterocycles. The van der Waals surface area contributed by atoms with Gasteiger partial charge in [0, 0.05) is 11.6 Å². The molecule has 1 aliphatic rings. The predicted molar refractivity (Wildman–Crippen MR) is 125 cm³/mol. The molecule has 0 saturated heterocycles. The number of nitrogens with zero attached hydrogens (tertiary/aromatic N) is 1. The molecule has 1 aliphatic carbocycles. The average molecular weight is 446 g/mol. The first-order valence-corrected chi connectivity index (χ1v) is 11.3. The Bertz CT molecular complexity index is 847. The van der Waals surface area contributed by atoms with Crippen molar-refractivity contribution in [3.63, 3.8) is 0 Å². The third-order valence-electron chi connectivity index (χ3n) is 5.08. The zero-order valence-electron chi connectivity index (χ0n) is 21.0. The molecule has 32 heavy (non-hydrogen) atoms. The molecule has 3 atom stereocenters. The summed E-state index contributed by atoms with van der Waals surface area (Å²) in [7, 11) is 0. The van der Waals surface area contributed by atoms with Crippen LogP contribution in [0.5, 0.6) is 0 Å². The summed E-state index contributed by atoms with van der Waals surface area (Å²) in [5.74, 6) is -0.248. The molecular formula is C25H39N3O4. The summed E-state index contributed by atoms with van der Waals surface area (Å²) in [6.45, 7) is 16.8. The van der Waals surface area contributed by atoms with E-state index in [0.29, 0.717) is 0 Å². The Morgan fingerprint density at radius 1 is 1.06 bits per heavy atom. The molecule has 3 unspecified atom stereocenters. The molecule has 178 valence electrons. The van der Waals surface area contributed by atoms with Gasteiger partial charge in [0.2, 0.25) is 11.8 Å². The van der Waals surface area contributed by atoms with Gasteiger partial charge in [-0.3, -0.25) is 9.59 Å². The molecule has 1 fully saturated rings. The van der Waals surface area contributed by atoms with Crippen molar-refractivity contribution in [2.24, 2.45) is 5.92 Å². The summed E-state index contributed by atoms with van der Waals surface area (Å²) < 4.78 is 5.25. The molecule has 0 spiro atoms. The molecule has 1 aromatic carbocycles. The molecule has 2 rings (SSSR count). The highest BCUT2D eigenvalue weighted by molar-refractivity contribution is 5.91. The Labute approximate surface area is 192 Å². The third-order valence-corrected chi connectivity index (χ3v) is 5.08. The summed E-state index contributed by atoms with van der Waals surface area (Å²) >= 11 is 0. The van der Waals surface area contributed by atoms with Gasteiger partial charge in [-0.1, -0.05) is 36.2 Å². The summed E-state index contributed by atoms with van der Waals surface area (Å²) in [5.41, 5.74) is 1.71. The Kier molecular flexibility index (Phi) is 7.63. The van der Waals surface area contributed by atoms with Crippen LogP contribution in [0.3, 0.4) is 0 Å². The maximum Gasteiger partial charge on any atom is 0.408 e. The van der Waals surface area contributed by atoms with E-state index in [2.05, 4.69) is 17.6 Å². The van der Waals surface area contributed by atoms with E-state index in [9.17, 15) is 14.4 Å². The SMILES string of the molecule is Cc1cc(C)cc(C(C(=O)NC(C)(C)C)N(C(=O)CNC(=O)OC(C)(C)C)C2CC2C)c1. The van der Waals surface area contributed by atoms with Gasteiger partial charge in [0.25, 0.3) is 0 Å². The lowest BCUT2D eigenvalue weighted by molar-refractivity contribution is -0.141. The molecule has 7 nitrogen and oxygen atoms in total. The molecule has 1 aromatic rings. The van der Waals surface area contributed by atoms with Crippen molar-refractivity contribution < 1.29 is 19.1 Å². The second-order valence-electron chi connectivity index (χ2n) is 11.0. The Morgan fingerprint density at radius 2 is 1.59 bits per heavy atom. The van der Waals surface area contributed by atoms with Gasteiger partial charge in [-0.15, -0.1) is 0 Å². The number of rotatable bonds is 6. The van der Waals surface area contributed by atoms with Gasteiger partial charge in [-0.05, 0) is 73.3 Å². The lowest BCUT2D eigenvalue weighted by Gasteiger charge is -2.34. The first kappa shape index (κ1) is 25.7. The number of hydrogen-bond acceptors (Lipinski definition) is 4. The van der Waals surface area contributed by atoms with Crippen LogP contribution in [-0.2, 0) is 14.3 Å². The number of alkyl carbamates (subject to hydrolysis) is 1. The predicted octanol–water partition coefficient (Wildman–Crippen LogP) is 4.02. The number of aryl methyl sites for hydroxylation is 2. The zero-order valence-corrected chi connectivity index (χ0v) is 21.0. The molecule has 0 radical (unpaired) electrons. The van der Waals surface area contributed by atoms with Crippen molar-refractivity contribution in [2.75, 3.05) is 6.54 Å². The smallest absolute Gasteiger partial charge is 0.408 e. The normalized spacial score (nSPS) is 19.0. The van der Waals surface area contributed by atoms with E-state index >= 15 is 0 Å². The maximum atomic E-state index is 13.5. The second kappa shape index (κ2) is 9.51. The lowest BCUT2D eigenvalue weighted by atomic mass is 9.97. The third kappa shape index (κ3) is 7.53. The van der Waals surface area contributed by atoms with Crippen LogP contribution < -0.4 is 10.6 Å². The van der Waals surface area contributed by atoms with Gasteiger partial charge in [0.15, 0.2) is 0 Å². The van der Waals surface area contributed by atoms with E-state index < -0.39 is 23.3 Å². The Hall–Kier alpha value is -2.57. The first-order valence-electron chi connectivity index (χ1n) is 11.3. The molecule has 1 saturated carbocycles. The van der Waals surface area contributed by atoms with Crippen LogP contribution >= 0.6 is 0 Å². The lowest BCUT2D eigenvalue weighted by Crippen LogP contribution is -2.52. The summed E-state index contributed by atoms with van der Waals surface area (Å²) in [4.78, 5) is 40.6. The zero-order chi connectivity index (χ0) is 24.4. The summed E-state index contributed by atoms with van der Waals surface area (Å²) in [6.07, 6.45) is 0.166. The van der Waals surface area contributed by atoms with E-state index in [1.165, 1.54) is 0 Å². The molecule has 0 heterocycles. The minimum absolute atomic E-state index is 0.0560. The van der Waals surface area contributed by atoms with Crippen molar-refractivity contribution >= 4 is 17.9 Å². The highest BCUT2D eigenvalue weighted by Crippen LogP contribution is 2.40. The Morgan fingerprint density at radius 3 is 2.03 bits per heavy atom. The van der Waals surface area contributed by atoms with E-state index in [1.54, 1.807) is 25.7 Å². The van der Waals surface area contributed by atoms with Crippen LogP contribution in [0.1, 0.15) is 77.6 Å². The minimum Gasteiger partial charge on any atom is -0.444 e. The number of benzene rings is 1. The van der Waals surface area contributed by atoms with Crippen LogP contribution in [0.4, 0.5) is 4.79 Å². The number of amides is 3. The van der Waals surface area contributed by atoms with Crippen LogP contribution in [0, 0.1) is 19.8 Å². The van der Waals surface area contributed by atoms with E-state index in [-0.39, 0.29) is 30.3 Å². The van der Waals surface area contributed by atoms with E-state index in [4.69, 9.17) is 4.74 Å². The highest BCUT2D eigenvalue weighted by Gasteiger charge is 2.46. The van der Waals surface area contributed by atoms with Crippen molar-refractivity contribution in [3.05, 3.63) is 34.9 Å². The molecule has 3 amide bonds. The molecule has 0 bridgehead atoms. The van der Waals surface area contributed by atoms with Crippen LogP contribution in [0.15, 0.2) is 18.2 Å². The fourth-order valence-corrected chi connectivity index (χ4v) is 3.81. The fourth-order valence-electron chi connectivity index (χ4n) is 3.81. The molecule has 0 aliphatic heterocycles. The average Bonchev–Trinajstić information content (AvgIpc) is 3.29. The second-order valence-corrected chi connectivity index (χ2v) is 11.0. The summed E-state index contributed by atoms with van der Waals surface area (Å²) in [5, 5.41) is 5.59. The standard InChI is InChI=1S/C25H39N3O4/c1-15-10-16(2)12-18(11-15)21(22(30)27-24(4,5)6)28(19-13-17(19)3)20(29)14-26-23(31)32-25(7,8)9/h10-12,17,19,21H,13-14H2,1-9H3,(H,26,31)(H,27,30). The first-order chi connectivity index (χ1) is 14.6. The molecule has 7 heteroatoms. The molecule has 2 N–H and O–H groups in total. The van der Waals surface area contributed by atoms with Gasteiger partial charge in [-0.25, -0.2) is 4.79 Å². The van der Waals surface area contributed by atoms with Gasteiger partial charge in [-0.2, -0.15) is 0 Å². The van der Waals surface area contributed by atoms with Gasteiger partial charge in [0.1, 0.15) is 18.2 Å². The van der Waals surface area contributed by atoms with Crippen molar-refractivity contribution in [1.82, 2.24) is 15.5 Å². The van der Waals surface area contributed by atoms with E-state index in [1.807, 2.05) is 52.8 Å². The number of carbonyl (C=O) groups is 3. The minimum atomic E-state index is -0.782. The van der Waals surface area contributed by atoms with Crippen LogP contribution in [-0.4, -0.2) is 46.5 Å². The van der Waals surface area contributed by atoms with Gasteiger partial charge < -0.3 is 20.3 Å². The van der Waals surface area contributed by atoms with Crippen molar-refractivity contribution in [1.29, 1.82) is 0 Å². The number of nitrogens with one attached hydrogen (secondary N) is 2. The van der Waals surface area contributed by atoms with Crippen LogP contribution in [0.2, 0.25) is 0 Å². The van der Waals surface area contributed by atoms with Gasteiger partial charge in [0.05, 0.1) is 0 Å². The van der Waals surface area contributed by atoms with Crippen LogP contribution in [0.25, 0.3) is 0 Å².